The lowest BCUT2D eigenvalue weighted by atomic mass is 9.33. The Morgan fingerprint density at radius 2 is 0.963 bits per heavy atom. The minimum Gasteiger partial charge on any atom is -0.334 e. The largest absolute Gasteiger partial charge is 0.334 e. The van der Waals surface area contributed by atoms with Crippen LogP contribution in [0.2, 0.25) is 0 Å². The summed E-state index contributed by atoms with van der Waals surface area (Å²) in [5.74, 6) is 0. The molecule has 0 saturated heterocycles. The SMILES string of the molecule is Cc1cc2c3c(c1)N(c1ccc(C(C)(C)C)cc1-c1ccccc1)c1cc4c(cc1B3c1cc(N3c5ccc(-c6ccccc6C)cc5C5(C)CCCCC35C)ccc1N2c1ccc(C(C)(C)C)cc1-c1ccccc1)CC(C)(C)C4. The van der Waals surface area contributed by atoms with Crippen LogP contribution in [-0.2, 0) is 29.1 Å². The third-order valence-corrected chi connectivity index (χ3v) is 20.0. The highest BCUT2D eigenvalue weighted by molar-refractivity contribution is 7.00. The molecule has 3 aliphatic heterocycles. The van der Waals surface area contributed by atoms with Gasteiger partial charge in [-0.3, -0.25) is 0 Å². The number of hydrogen-bond acceptors (Lipinski definition) is 3. The minimum absolute atomic E-state index is 0.0337. The van der Waals surface area contributed by atoms with Gasteiger partial charge in [-0.25, -0.2) is 0 Å². The van der Waals surface area contributed by atoms with Crippen molar-refractivity contribution in [3.05, 3.63) is 221 Å². The van der Waals surface area contributed by atoms with E-state index in [0.717, 1.165) is 19.3 Å². The minimum atomic E-state index is -0.134. The Labute approximate surface area is 483 Å². The molecule has 2 unspecified atom stereocenters. The molecule has 0 spiro atoms. The molecule has 1 saturated carbocycles. The van der Waals surface area contributed by atoms with Gasteiger partial charge in [0.15, 0.2) is 0 Å². The maximum absolute atomic E-state index is 2.82. The molecule has 9 aromatic carbocycles. The molecule has 2 atom stereocenters. The molecule has 9 aromatic rings. The van der Waals surface area contributed by atoms with Crippen molar-refractivity contribution in [2.75, 3.05) is 14.7 Å². The third kappa shape index (κ3) is 8.04. The molecule has 14 rings (SSSR count). The van der Waals surface area contributed by atoms with E-state index in [0.29, 0.717) is 0 Å². The summed E-state index contributed by atoms with van der Waals surface area (Å²) in [7, 11) is 0. The first-order valence-electron chi connectivity index (χ1n) is 30.2. The van der Waals surface area contributed by atoms with Crippen molar-refractivity contribution in [2.45, 2.75) is 143 Å². The summed E-state index contributed by atoms with van der Waals surface area (Å²) in [5, 5.41) is 0. The van der Waals surface area contributed by atoms with Gasteiger partial charge >= 0.3 is 0 Å². The first-order valence-corrected chi connectivity index (χ1v) is 30.2. The summed E-state index contributed by atoms with van der Waals surface area (Å²) in [6, 6.07) is 71.4. The van der Waals surface area contributed by atoms with Crippen LogP contribution in [-0.4, -0.2) is 12.3 Å². The van der Waals surface area contributed by atoms with Crippen LogP contribution in [0.15, 0.2) is 182 Å². The van der Waals surface area contributed by atoms with Crippen molar-refractivity contribution in [1.29, 1.82) is 0 Å². The molecule has 3 nitrogen and oxygen atoms in total. The molecule has 0 radical (unpaired) electrons. The monoisotopic (exact) mass is 1060 g/mol. The van der Waals surface area contributed by atoms with E-state index in [9.17, 15) is 0 Å². The Morgan fingerprint density at radius 3 is 1.57 bits per heavy atom. The van der Waals surface area contributed by atoms with E-state index in [-0.39, 0.29) is 33.9 Å². The van der Waals surface area contributed by atoms with Gasteiger partial charge in [-0.1, -0.05) is 184 Å². The van der Waals surface area contributed by atoms with Crippen molar-refractivity contribution < 1.29 is 0 Å². The average Bonchev–Trinajstić information content (AvgIpc) is 4.05. The maximum Gasteiger partial charge on any atom is 0.252 e. The van der Waals surface area contributed by atoms with Crippen molar-refractivity contribution in [1.82, 2.24) is 0 Å². The normalized spacial score (nSPS) is 19.4. The number of benzene rings is 9. The fourth-order valence-corrected chi connectivity index (χ4v) is 15.6. The maximum atomic E-state index is 2.82. The molecule has 1 fully saturated rings. The fraction of sp³-hybridized carbons (Fsp3) is 0.299. The van der Waals surface area contributed by atoms with Crippen LogP contribution < -0.4 is 31.1 Å². The lowest BCUT2D eigenvalue weighted by molar-refractivity contribution is 0.195. The smallest absolute Gasteiger partial charge is 0.252 e. The van der Waals surface area contributed by atoms with E-state index in [2.05, 4.69) is 280 Å². The van der Waals surface area contributed by atoms with E-state index in [4.69, 9.17) is 0 Å². The first-order chi connectivity index (χ1) is 38.7. The molecule has 4 heteroatoms. The van der Waals surface area contributed by atoms with Crippen LogP contribution in [0.25, 0.3) is 33.4 Å². The van der Waals surface area contributed by atoms with Crippen LogP contribution in [0.1, 0.15) is 134 Å². The van der Waals surface area contributed by atoms with Crippen molar-refractivity contribution in [3.63, 3.8) is 0 Å². The van der Waals surface area contributed by atoms with Crippen molar-refractivity contribution in [2.24, 2.45) is 5.41 Å². The summed E-state index contributed by atoms with van der Waals surface area (Å²) in [5.41, 5.74) is 31.4. The predicted octanol–water partition coefficient (Wildman–Crippen LogP) is 18.8. The first kappa shape index (κ1) is 51.6. The van der Waals surface area contributed by atoms with Gasteiger partial charge in [0.1, 0.15) is 0 Å². The second-order valence-corrected chi connectivity index (χ2v) is 28.2. The molecule has 81 heavy (non-hydrogen) atoms. The van der Waals surface area contributed by atoms with E-state index in [1.165, 1.54) is 153 Å². The third-order valence-electron chi connectivity index (χ3n) is 20.0. The number of rotatable bonds is 6. The van der Waals surface area contributed by atoms with Gasteiger partial charge in [-0.05, 0) is 213 Å². The molecule has 0 aromatic heterocycles. The summed E-state index contributed by atoms with van der Waals surface area (Å²) in [6.45, 7) is 28.7. The van der Waals surface area contributed by atoms with Gasteiger partial charge in [-0.15, -0.1) is 0 Å². The van der Waals surface area contributed by atoms with Gasteiger partial charge in [-0.2, -0.15) is 0 Å². The highest BCUT2D eigenvalue weighted by Crippen LogP contribution is 2.62. The van der Waals surface area contributed by atoms with Crippen molar-refractivity contribution in [3.8, 4) is 33.4 Å². The lowest BCUT2D eigenvalue weighted by Crippen LogP contribution is -2.62. The fourth-order valence-electron chi connectivity index (χ4n) is 15.6. The van der Waals surface area contributed by atoms with Crippen LogP contribution in [0.4, 0.5) is 45.5 Å². The Morgan fingerprint density at radius 1 is 0.432 bits per heavy atom. The number of nitrogens with zero attached hydrogens (tertiary/aromatic N) is 3. The Hall–Kier alpha value is -7.56. The molecular weight excluding hydrogens is 978 g/mol. The Kier molecular flexibility index (Phi) is 11.6. The van der Waals surface area contributed by atoms with Crippen LogP contribution in [0.5, 0.6) is 0 Å². The Bertz CT molecular complexity index is 4020. The summed E-state index contributed by atoms with van der Waals surface area (Å²) in [6.07, 6.45) is 6.89. The highest BCUT2D eigenvalue weighted by Gasteiger charge is 2.58. The van der Waals surface area contributed by atoms with Gasteiger partial charge in [0, 0.05) is 50.7 Å². The van der Waals surface area contributed by atoms with Crippen LogP contribution in [0.3, 0.4) is 0 Å². The highest BCUT2D eigenvalue weighted by atomic mass is 15.3. The molecule has 0 N–H and O–H groups in total. The molecule has 0 bridgehead atoms. The predicted molar refractivity (Wildman–Crippen MR) is 348 cm³/mol. The van der Waals surface area contributed by atoms with Gasteiger partial charge in [0.05, 0.1) is 16.9 Å². The quantitative estimate of drug-likeness (QED) is 0.154. The lowest BCUT2D eigenvalue weighted by Gasteiger charge is -2.50. The summed E-state index contributed by atoms with van der Waals surface area (Å²) < 4.78 is 0. The zero-order valence-corrected chi connectivity index (χ0v) is 50.0. The second-order valence-electron chi connectivity index (χ2n) is 28.2. The van der Waals surface area contributed by atoms with Gasteiger partial charge in [0.2, 0.25) is 0 Å². The van der Waals surface area contributed by atoms with Crippen LogP contribution in [0, 0.1) is 19.3 Å². The molecule has 2 aliphatic carbocycles. The van der Waals surface area contributed by atoms with E-state index in [1.807, 2.05) is 0 Å². The summed E-state index contributed by atoms with van der Waals surface area (Å²) >= 11 is 0. The van der Waals surface area contributed by atoms with E-state index >= 15 is 0 Å². The number of anilines is 8. The van der Waals surface area contributed by atoms with Crippen LogP contribution >= 0.6 is 0 Å². The van der Waals surface area contributed by atoms with Gasteiger partial charge < -0.3 is 14.7 Å². The van der Waals surface area contributed by atoms with E-state index in [1.54, 1.807) is 0 Å². The topological polar surface area (TPSA) is 9.72 Å². The number of fused-ring (bicyclic) bond motifs is 8. The zero-order chi connectivity index (χ0) is 56.1. The zero-order valence-electron chi connectivity index (χ0n) is 50.0. The van der Waals surface area contributed by atoms with E-state index < -0.39 is 0 Å². The molecule has 404 valence electrons. The summed E-state index contributed by atoms with van der Waals surface area (Å²) in [4.78, 5) is 8.19. The number of hydrogen-bond donors (Lipinski definition) is 0. The molecule has 5 aliphatic rings. The molecular formula is C77H78BN3. The standard InChI is InChI=1S/C77H78BN3/c1-49-39-70-72-71(40-49)80(66-35-31-57(74(6,7)8)45-61(66)52-26-17-14-18-27-52)69-43-55-48-75(9,10)47-54(55)42-63(69)78(72)64-46-58(32-36-68(64)79(70)65-34-30-56(73(3,4)5)44-60(65)51-24-15-13-16-25-51)81-67-33-29-53(59-28-20-19-23-50(59)2)41-62(67)76(11)37-21-22-38-77(76,81)12/h13-20,23-36,39-46H,21-22,37-38,47-48H2,1-12H3. The Balaban J connectivity index is 1.07. The van der Waals surface area contributed by atoms with Gasteiger partial charge in [0.25, 0.3) is 6.71 Å². The average molecular weight is 1060 g/mol. The van der Waals surface area contributed by atoms with Crippen molar-refractivity contribution >= 4 is 68.6 Å². The molecule has 0 amide bonds. The number of aryl methyl sites for hydroxylation is 2. The molecule has 3 heterocycles. The second kappa shape index (κ2) is 18.2.